The number of aromatic nitrogens is 2. The van der Waals surface area contributed by atoms with E-state index in [1.165, 1.54) is 0 Å². The van der Waals surface area contributed by atoms with Crippen molar-refractivity contribution in [3.8, 4) is 6.07 Å². The Balaban J connectivity index is 2.24. The lowest BCUT2D eigenvalue weighted by atomic mass is 10.1. The molecule has 1 unspecified atom stereocenters. The zero-order valence-corrected chi connectivity index (χ0v) is 11.5. The fraction of sp³-hybridized carbons (Fsp3) is 0.357. The van der Waals surface area contributed by atoms with Gasteiger partial charge in [0.25, 0.3) is 0 Å². The van der Waals surface area contributed by atoms with Crippen molar-refractivity contribution >= 4 is 5.95 Å². The van der Waals surface area contributed by atoms with E-state index in [4.69, 9.17) is 9.68 Å². The molecule has 0 spiro atoms. The van der Waals surface area contributed by atoms with Crippen molar-refractivity contribution in [1.29, 1.82) is 5.26 Å². The van der Waals surface area contributed by atoms with E-state index in [-0.39, 0.29) is 6.04 Å². The Hall–Kier alpha value is -2.35. The van der Waals surface area contributed by atoms with E-state index in [2.05, 4.69) is 15.3 Å². The Morgan fingerprint density at radius 3 is 2.58 bits per heavy atom. The Kier molecular flexibility index (Phi) is 3.52. The second-order valence-electron chi connectivity index (χ2n) is 4.56. The summed E-state index contributed by atoms with van der Waals surface area (Å²) in [6, 6.07) is 5.70. The maximum absolute atomic E-state index is 8.90. The lowest BCUT2D eigenvalue weighted by Gasteiger charge is -2.13. The largest absolute Gasteiger partial charge is 0.466 e. The molecular weight excluding hydrogens is 240 g/mol. The summed E-state index contributed by atoms with van der Waals surface area (Å²) in [7, 11) is 0. The first kappa shape index (κ1) is 13.1. The minimum Gasteiger partial charge on any atom is -0.466 e. The number of rotatable bonds is 3. The summed E-state index contributed by atoms with van der Waals surface area (Å²) < 4.78 is 5.51. The second kappa shape index (κ2) is 5.11. The number of furan rings is 1. The van der Waals surface area contributed by atoms with Crippen LogP contribution in [0.5, 0.6) is 0 Å². The molecule has 0 saturated heterocycles. The third kappa shape index (κ3) is 2.91. The molecule has 1 N–H and O–H groups in total. The monoisotopic (exact) mass is 256 g/mol. The van der Waals surface area contributed by atoms with Gasteiger partial charge in [-0.2, -0.15) is 5.26 Å². The molecule has 2 aromatic rings. The first-order valence-corrected chi connectivity index (χ1v) is 6.09. The van der Waals surface area contributed by atoms with E-state index >= 15 is 0 Å². The highest BCUT2D eigenvalue weighted by Gasteiger charge is 2.14. The molecule has 0 saturated carbocycles. The van der Waals surface area contributed by atoms with Gasteiger partial charge < -0.3 is 9.73 Å². The summed E-state index contributed by atoms with van der Waals surface area (Å²) in [4.78, 5) is 8.42. The maximum Gasteiger partial charge on any atom is 0.224 e. The number of aryl methyl sites for hydroxylation is 3. The van der Waals surface area contributed by atoms with Gasteiger partial charge in [0.2, 0.25) is 5.95 Å². The molecule has 0 aliphatic carbocycles. The van der Waals surface area contributed by atoms with Gasteiger partial charge in [0, 0.05) is 11.3 Å². The normalized spacial score (nSPS) is 11.9. The van der Waals surface area contributed by atoms with Crippen LogP contribution in [0.4, 0.5) is 5.95 Å². The lowest BCUT2D eigenvalue weighted by molar-refractivity contribution is 0.499. The van der Waals surface area contributed by atoms with Crippen LogP contribution >= 0.6 is 0 Å². The van der Waals surface area contributed by atoms with Crippen LogP contribution in [0.2, 0.25) is 0 Å². The van der Waals surface area contributed by atoms with E-state index in [1.54, 1.807) is 6.07 Å². The maximum atomic E-state index is 8.90. The van der Waals surface area contributed by atoms with Gasteiger partial charge in [0.1, 0.15) is 23.3 Å². The first-order chi connectivity index (χ1) is 8.99. The highest BCUT2D eigenvalue weighted by molar-refractivity contribution is 5.37. The number of nitrogens with zero attached hydrogens (tertiary/aromatic N) is 3. The molecule has 19 heavy (non-hydrogen) atoms. The van der Waals surface area contributed by atoms with Gasteiger partial charge >= 0.3 is 0 Å². The van der Waals surface area contributed by atoms with Crippen LogP contribution in [-0.4, -0.2) is 9.97 Å². The molecule has 2 heterocycles. The highest BCUT2D eigenvalue weighted by atomic mass is 16.3. The molecule has 0 aliphatic rings. The fourth-order valence-electron chi connectivity index (χ4n) is 2.04. The second-order valence-corrected chi connectivity index (χ2v) is 4.56. The number of anilines is 1. The van der Waals surface area contributed by atoms with Crippen LogP contribution < -0.4 is 5.32 Å². The molecule has 0 aromatic carbocycles. The van der Waals surface area contributed by atoms with Crippen molar-refractivity contribution in [3.05, 3.63) is 40.6 Å². The number of nitriles is 1. The van der Waals surface area contributed by atoms with Crippen LogP contribution in [0.15, 0.2) is 16.5 Å². The molecule has 0 amide bonds. The molecule has 0 aliphatic heterocycles. The predicted molar refractivity (Wildman–Crippen MR) is 71.7 cm³/mol. The van der Waals surface area contributed by atoms with Crippen LogP contribution in [-0.2, 0) is 0 Å². The van der Waals surface area contributed by atoms with Crippen molar-refractivity contribution in [2.24, 2.45) is 0 Å². The summed E-state index contributed by atoms with van der Waals surface area (Å²) >= 11 is 0. The molecule has 0 radical (unpaired) electrons. The first-order valence-electron chi connectivity index (χ1n) is 6.09. The molecule has 2 aromatic heterocycles. The Bertz CT molecular complexity index is 639. The standard InChI is InChI=1S/C14H16N4O/c1-8-5-12(7-15)18-14(16-8)17-10(3)13-6-9(2)19-11(13)4/h5-6,10H,1-4H3,(H,16,17,18). The quantitative estimate of drug-likeness (QED) is 0.913. The topological polar surface area (TPSA) is 74.7 Å². The van der Waals surface area contributed by atoms with Gasteiger partial charge in [0.05, 0.1) is 6.04 Å². The van der Waals surface area contributed by atoms with Gasteiger partial charge in [-0.3, -0.25) is 0 Å². The molecule has 2 rings (SSSR count). The van der Waals surface area contributed by atoms with Gasteiger partial charge in [-0.1, -0.05) is 0 Å². The Morgan fingerprint density at radius 2 is 2.00 bits per heavy atom. The van der Waals surface area contributed by atoms with Gasteiger partial charge in [0.15, 0.2) is 0 Å². The summed E-state index contributed by atoms with van der Waals surface area (Å²) in [5.41, 5.74) is 2.20. The minimum absolute atomic E-state index is 0.0193. The highest BCUT2D eigenvalue weighted by Crippen LogP contribution is 2.23. The minimum atomic E-state index is 0.0193. The zero-order valence-electron chi connectivity index (χ0n) is 11.5. The van der Waals surface area contributed by atoms with Gasteiger partial charge in [-0.25, -0.2) is 9.97 Å². The molecule has 1 atom stereocenters. The molecule has 0 bridgehead atoms. The van der Waals surface area contributed by atoms with Crippen LogP contribution in [0.3, 0.4) is 0 Å². The van der Waals surface area contributed by atoms with Crippen molar-refractivity contribution in [3.63, 3.8) is 0 Å². The van der Waals surface area contributed by atoms with Crippen LogP contribution in [0.25, 0.3) is 0 Å². The van der Waals surface area contributed by atoms with E-state index < -0.39 is 0 Å². The number of nitrogens with one attached hydrogen (secondary N) is 1. The molecular formula is C14H16N4O. The zero-order chi connectivity index (χ0) is 14.0. The van der Waals surface area contributed by atoms with Crippen LogP contribution in [0, 0.1) is 32.1 Å². The molecule has 5 heteroatoms. The van der Waals surface area contributed by atoms with Crippen molar-refractivity contribution in [2.45, 2.75) is 33.7 Å². The lowest BCUT2D eigenvalue weighted by Crippen LogP contribution is -2.10. The van der Waals surface area contributed by atoms with Crippen LogP contribution in [0.1, 0.15) is 41.4 Å². The Morgan fingerprint density at radius 1 is 1.26 bits per heavy atom. The number of hydrogen-bond acceptors (Lipinski definition) is 5. The van der Waals surface area contributed by atoms with Crippen molar-refractivity contribution in [1.82, 2.24) is 9.97 Å². The summed E-state index contributed by atoms with van der Waals surface area (Å²) in [5.74, 6) is 2.22. The van der Waals surface area contributed by atoms with Gasteiger partial charge in [-0.05, 0) is 39.8 Å². The molecule has 98 valence electrons. The summed E-state index contributed by atoms with van der Waals surface area (Å²) in [6.07, 6.45) is 0. The average Bonchev–Trinajstić information content (AvgIpc) is 2.67. The Labute approximate surface area is 112 Å². The smallest absolute Gasteiger partial charge is 0.224 e. The van der Waals surface area contributed by atoms with E-state index in [1.807, 2.05) is 39.8 Å². The van der Waals surface area contributed by atoms with Gasteiger partial charge in [-0.15, -0.1) is 0 Å². The molecule has 5 nitrogen and oxygen atoms in total. The fourth-order valence-corrected chi connectivity index (χ4v) is 2.04. The number of hydrogen-bond donors (Lipinski definition) is 1. The SMILES string of the molecule is Cc1cc(C#N)nc(NC(C)c2cc(C)oc2C)n1. The summed E-state index contributed by atoms with van der Waals surface area (Å²) in [5, 5.41) is 12.1. The third-order valence-corrected chi connectivity index (χ3v) is 2.86. The van der Waals surface area contributed by atoms with Crippen molar-refractivity contribution < 1.29 is 4.42 Å². The van der Waals surface area contributed by atoms with E-state index in [9.17, 15) is 0 Å². The summed E-state index contributed by atoms with van der Waals surface area (Å²) in [6.45, 7) is 7.69. The van der Waals surface area contributed by atoms with Crippen molar-refractivity contribution in [2.75, 3.05) is 5.32 Å². The van der Waals surface area contributed by atoms with E-state index in [0.717, 1.165) is 22.8 Å². The average molecular weight is 256 g/mol. The predicted octanol–water partition coefficient (Wildman–Crippen LogP) is 3.04. The van der Waals surface area contributed by atoms with E-state index in [0.29, 0.717) is 11.6 Å². The third-order valence-electron chi connectivity index (χ3n) is 2.86. The molecule has 0 fully saturated rings.